The van der Waals surface area contributed by atoms with Crippen molar-refractivity contribution in [3.63, 3.8) is 0 Å². The zero-order valence-corrected chi connectivity index (χ0v) is 13.0. The highest BCUT2D eigenvalue weighted by molar-refractivity contribution is 9.10. The number of furan rings is 1. The van der Waals surface area contributed by atoms with Crippen LogP contribution in [0.25, 0.3) is 0 Å². The Labute approximate surface area is 131 Å². The van der Waals surface area contributed by atoms with Gasteiger partial charge in [-0.2, -0.15) is 0 Å². The number of hydrogen-bond donors (Lipinski definition) is 1. The number of carbonyl (C=O) groups excluding carboxylic acids is 1. The van der Waals surface area contributed by atoms with Crippen LogP contribution in [0.5, 0.6) is 0 Å². The number of anilines is 1. The molecule has 0 aromatic carbocycles. The van der Waals surface area contributed by atoms with Crippen LogP contribution in [0.4, 0.5) is 5.82 Å². The molecule has 6 heteroatoms. The van der Waals surface area contributed by atoms with Gasteiger partial charge in [0.15, 0.2) is 0 Å². The second-order valence-corrected chi connectivity index (χ2v) is 6.00. The van der Waals surface area contributed by atoms with Crippen molar-refractivity contribution in [2.45, 2.75) is 18.9 Å². The number of likely N-dealkylation sites (tertiary alicyclic amines) is 1. The second-order valence-electron chi connectivity index (χ2n) is 5.08. The molecule has 1 fully saturated rings. The SMILES string of the molecule is O=C(c1ccoc1)N1CCC(Nc2ccc(Br)cn2)CC1. The summed E-state index contributed by atoms with van der Waals surface area (Å²) in [4.78, 5) is 18.4. The van der Waals surface area contributed by atoms with Gasteiger partial charge in [0.25, 0.3) is 5.91 Å². The number of aromatic nitrogens is 1. The molecule has 2 aromatic heterocycles. The van der Waals surface area contributed by atoms with Gasteiger partial charge >= 0.3 is 0 Å². The van der Waals surface area contributed by atoms with Crippen LogP contribution in [-0.2, 0) is 0 Å². The number of piperidine rings is 1. The highest BCUT2D eigenvalue weighted by Crippen LogP contribution is 2.18. The number of amides is 1. The van der Waals surface area contributed by atoms with Crippen LogP contribution in [0.1, 0.15) is 23.2 Å². The summed E-state index contributed by atoms with van der Waals surface area (Å²) in [5.41, 5.74) is 0.621. The molecule has 1 amide bonds. The van der Waals surface area contributed by atoms with E-state index in [4.69, 9.17) is 4.42 Å². The van der Waals surface area contributed by atoms with Crippen molar-refractivity contribution in [2.24, 2.45) is 0 Å². The molecule has 0 aliphatic carbocycles. The van der Waals surface area contributed by atoms with E-state index in [0.29, 0.717) is 11.6 Å². The van der Waals surface area contributed by atoms with Crippen molar-refractivity contribution in [1.82, 2.24) is 9.88 Å². The smallest absolute Gasteiger partial charge is 0.257 e. The summed E-state index contributed by atoms with van der Waals surface area (Å²) in [5, 5.41) is 3.41. The molecule has 5 nitrogen and oxygen atoms in total. The molecule has 0 atom stereocenters. The van der Waals surface area contributed by atoms with Gasteiger partial charge in [-0.25, -0.2) is 4.98 Å². The molecule has 110 valence electrons. The van der Waals surface area contributed by atoms with Gasteiger partial charge in [0, 0.05) is 29.8 Å². The molecule has 3 heterocycles. The second kappa shape index (κ2) is 6.30. The Morgan fingerprint density at radius 1 is 1.33 bits per heavy atom. The zero-order valence-electron chi connectivity index (χ0n) is 11.5. The normalized spacial score (nSPS) is 16.0. The minimum absolute atomic E-state index is 0.0453. The third kappa shape index (κ3) is 3.44. The van der Waals surface area contributed by atoms with Gasteiger partial charge in [-0.15, -0.1) is 0 Å². The molecule has 0 saturated carbocycles. The first-order valence-corrected chi connectivity index (χ1v) is 7.71. The molecule has 0 radical (unpaired) electrons. The Balaban J connectivity index is 1.53. The molecule has 1 saturated heterocycles. The highest BCUT2D eigenvalue weighted by Gasteiger charge is 2.24. The lowest BCUT2D eigenvalue weighted by Crippen LogP contribution is -2.42. The van der Waals surface area contributed by atoms with Crippen LogP contribution in [0.15, 0.2) is 45.8 Å². The largest absolute Gasteiger partial charge is 0.472 e. The number of hydrogen-bond acceptors (Lipinski definition) is 4. The Kier molecular flexibility index (Phi) is 4.24. The van der Waals surface area contributed by atoms with Crippen molar-refractivity contribution < 1.29 is 9.21 Å². The average Bonchev–Trinajstić information content (AvgIpc) is 3.04. The van der Waals surface area contributed by atoms with E-state index in [2.05, 4.69) is 26.2 Å². The van der Waals surface area contributed by atoms with Crippen LogP contribution in [-0.4, -0.2) is 34.9 Å². The topological polar surface area (TPSA) is 58.4 Å². The van der Waals surface area contributed by atoms with Gasteiger partial charge < -0.3 is 14.6 Å². The van der Waals surface area contributed by atoms with Crippen molar-refractivity contribution in [1.29, 1.82) is 0 Å². The van der Waals surface area contributed by atoms with Gasteiger partial charge in [-0.05, 0) is 47.0 Å². The van der Waals surface area contributed by atoms with E-state index in [1.807, 2.05) is 17.0 Å². The van der Waals surface area contributed by atoms with E-state index in [-0.39, 0.29) is 5.91 Å². The minimum Gasteiger partial charge on any atom is -0.472 e. The Hall–Kier alpha value is -1.82. The van der Waals surface area contributed by atoms with E-state index in [9.17, 15) is 4.79 Å². The highest BCUT2D eigenvalue weighted by atomic mass is 79.9. The molecule has 2 aromatic rings. The molecule has 21 heavy (non-hydrogen) atoms. The van der Waals surface area contributed by atoms with Crippen LogP contribution in [0.3, 0.4) is 0 Å². The zero-order chi connectivity index (χ0) is 14.7. The Bertz CT molecular complexity index is 590. The van der Waals surface area contributed by atoms with E-state index >= 15 is 0 Å². The summed E-state index contributed by atoms with van der Waals surface area (Å²) in [6, 6.07) is 5.98. The molecule has 3 rings (SSSR count). The van der Waals surface area contributed by atoms with Crippen LogP contribution >= 0.6 is 15.9 Å². The number of nitrogens with one attached hydrogen (secondary N) is 1. The van der Waals surface area contributed by atoms with E-state index < -0.39 is 0 Å². The summed E-state index contributed by atoms with van der Waals surface area (Å²) >= 11 is 3.37. The fourth-order valence-electron chi connectivity index (χ4n) is 2.47. The summed E-state index contributed by atoms with van der Waals surface area (Å²) < 4.78 is 5.93. The molecule has 0 spiro atoms. The molecule has 0 unspecified atom stereocenters. The van der Waals surface area contributed by atoms with E-state index in [1.165, 1.54) is 12.5 Å². The summed E-state index contributed by atoms with van der Waals surface area (Å²) in [7, 11) is 0. The van der Waals surface area contributed by atoms with Gasteiger partial charge in [0.1, 0.15) is 12.1 Å². The number of rotatable bonds is 3. The fraction of sp³-hybridized carbons (Fsp3) is 0.333. The van der Waals surface area contributed by atoms with Crippen LogP contribution in [0.2, 0.25) is 0 Å². The first-order chi connectivity index (χ1) is 10.2. The van der Waals surface area contributed by atoms with Crippen LogP contribution in [0, 0.1) is 0 Å². The molecular formula is C15H16BrN3O2. The predicted octanol–water partition coefficient (Wildman–Crippen LogP) is 3.15. The summed E-state index contributed by atoms with van der Waals surface area (Å²) in [6.45, 7) is 1.50. The van der Waals surface area contributed by atoms with E-state index in [1.54, 1.807) is 12.3 Å². The Morgan fingerprint density at radius 2 is 2.14 bits per heavy atom. The van der Waals surface area contributed by atoms with Crippen LogP contribution < -0.4 is 5.32 Å². The lowest BCUT2D eigenvalue weighted by molar-refractivity contribution is 0.0717. The number of halogens is 1. The number of nitrogens with zero attached hydrogens (tertiary/aromatic N) is 2. The third-order valence-electron chi connectivity index (χ3n) is 3.63. The molecule has 1 aliphatic heterocycles. The lowest BCUT2D eigenvalue weighted by Gasteiger charge is -2.32. The number of carbonyl (C=O) groups is 1. The van der Waals surface area contributed by atoms with Gasteiger partial charge in [-0.1, -0.05) is 0 Å². The van der Waals surface area contributed by atoms with Gasteiger partial charge in [-0.3, -0.25) is 4.79 Å². The minimum atomic E-state index is 0.0453. The molecule has 1 N–H and O–H groups in total. The average molecular weight is 350 g/mol. The molecule has 0 bridgehead atoms. The molecule has 1 aliphatic rings. The van der Waals surface area contributed by atoms with Gasteiger partial charge in [0.05, 0.1) is 11.8 Å². The maximum Gasteiger partial charge on any atom is 0.257 e. The third-order valence-corrected chi connectivity index (χ3v) is 4.10. The van der Waals surface area contributed by atoms with Crippen molar-refractivity contribution in [2.75, 3.05) is 18.4 Å². The first kappa shape index (κ1) is 14.1. The summed E-state index contributed by atoms with van der Waals surface area (Å²) in [6.07, 6.45) is 6.64. The Morgan fingerprint density at radius 3 is 2.76 bits per heavy atom. The maximum absolute atomic E-state index is 12.2. The monoisotopic (exact) mass is 349 g/mol. The number of pyridine rings is 1. The summed E-state index contributed by atoms with van der Waals surface area (Å²) in [5.74, 6) is 0.918. The maximum atomic E-state index is 12.2. The quantitative estimate of drug-likeness (QED) is 0.924. The van der Waals surface area contributed by atoms with Crippen molar-refractivity contribution in [3.05, 3.63) is 47.0 Å². The standard InChI is InChI=1S/C15H16BrN3O2/c16-12-1-2-14(17-9-12)18-13-3-6-19(7-4-13)15(20)11-5-8-21-10-11/h1-2,5,8-10,13H,3-4,6-7H2,(H,17,18). The predicted molar refractivity (Wildman–Crippen MR) is 83.2 cm³/mol. The fourth-order valence-corrected chi connectivity index (χ4v) is 2.70. The van der Waals surface area contributed by atoms with Crippen molar-refractivity contribution in [3.8, 4) is 0 Å². The molecular weight excluding hydrogens is 334 g/mol. The lowest BCUT2D eigenvalue weighted by atomic mass is 10.0. The van der Waals surface area contributed by atoms with Gasteiger partial charge in [0.2, 0.25) is 0 Å². The van der Waals surface area contributed by atoms with E-state index in [0.717, 1.165) is 36.2 Å². The first-order valence-electron chi connectivity index (χ1n) is 6.92. The van der Waals surface area contributed by atoms with Crippen molar-refractivity contribution >= 4 is 27.7 Å².